The molecule has 1 saturated carbocycles. The second-order valence-corrected chi connectivity index (χ2v) is 8.14. The first-order valence-electron chi connectivity index (χ1n) is 7.77. The summed E-state index contributed by atoms with van der Waals surface area (Å²) in [6.45, 7) is 13.3. The van der Waals surface area contributed by atoms with Gasteiger partial charge in [0.2, 0.25) is 0 Å². The van der Waals surface area contributed by atoms with E-state index in [-0.39, 0.29) is 0 Å². The van der Waals surface area contributed by atoms with Crippen molar-refractivity contribution >= 4 is 5.69 Å². The van der Waals surface area contributed by atoms with Crippen molar-refractivity contribution < 1.29 is 0 Å². The largest absolute Gasteiger partial charge is 0.381 e. The van der Waals surface area contributed by atoms with Gasteiger partial charge in [0.05, 0.1) is 16.9 Å². The lowest BCUT2D eigenvalue weighted by molar-refractivity contribution is 0.105. The van der Waals surface area contributed by atoms with Crippen LogP contribution in [0.4, 0.5) is 5.69 Å². The molecule has 0 spiro atoms. The standard InChI is InChI=1S/C18H27N3/c1-12-7-16(15(10-19)13(2)20-12)21-14-8-17(3,4)11-18(5,6)9-14/h7,14H,8-9,11H2,1-6H3,(H,20,21). The number of aryl methyl sites for hydroxylation is 2. The molecule has 0 aromatic carbocycles. The van der Waals surface area contributed by atoms with E-state index in [0.29, 0.717) is 22.4 Å². The van der Waals surface area contributed by atoms with Gasteiger partial charge in [0.25, 0.3) is 0 Å². The molecule has 1 heterocycles. The first-order chi connectivity index (χ1) is 9.62. The van der Waals surface area contributed by atoms with Gasteiger partial charge < -0.3 is 5.32 Å². The minimum Gasteiger partial charge on any atom is -0.381 e. The molecule has 0 atom stereocenters. The summed E-state index contributed by atoms with van der Waals surface area (Å²) >= 11 is 0. The lowest BCUT2D eigenvalue weighted by atomic mass is 9.63. The van der Waals surface area contributed by atoms with E-state index in [4.69, 9.17) is 0 Å². The van der Waals surface area contributed by atoms with Crippen LogP contribution in [0.3, 0.4) is 0 Å². The summed E-state index contributed by atoms with van der Waals surface area (Å²) in [7, 11) is 0. The van der Waals surface area contributed by atoms with Gasteiger partial charge in [-0.25, -0.2) is 0 Å². The molecule has 1 N–H and O–H groups in total. The highest BCUT2D eigenvalue weighted by Gasteiger charge is 2.38. The predicted molar refractivity (Wildman–Crippen MR) is 87.2 cm³/mol. The van der Waals surface area contributed by atoms with Gasteiger partial charge in [0.15, 0.2) is 0 Å². The monoisotopic (exact) mass is 285 g/mol. The fraction of sp³-hybridized carbons (Fsp3) is 0.667. The predicted octanol–water partition coefficient (Wildman–Crippen LogP) is 4.59. The SMILES string of the molecule is Cc1cc(NC2CC(C)(C)CC(C)(C)C2)c(C#N)c(C)n1. The van der Waals surface area contributed by atoms with Crippen LogP contribution in [0.1, 0.15) is 63.9 Å². The number of nitriles is 1. The normalized spacial score (nSPS) is 20.8. The molecule has 1 aromatic heterocycles. The van der Waals surface area contributed by atoms with Crippen molar-refractivity contribution in [2.24, 2.45) is 10.8 Å². The molecule has 1 fully saturated rings. The smallest absolute Gasteiger partial charge is 0.103 e. The highest BCUT2D eigenvalue weighted by Crippen LogP contribution is 2.46. The van der Waals surface area contributed by atoms with Gasteiger partial charge >= 0.3 is 0 Å². The third-order valence-corrected chi connectivity index (χ3v) is 4.35. The molecule has 3 heteroatoms. The highest BCUT2D eigenvalue weighted by molar-refractivity contribution is 5.60. The van der Waals surface area contributed by atoms with Crippen molar-refractivity contribution in [3.8, 4) is 6.07 Å². The molecule has 3 nitrogen and oxygen atoms in total. The summed E-state index contributed by atoms with van der Waals surface area (Å²) < 4.78 is 0. The molecule has 1 aliphatic rings. The van der Waals surface area contributed by atoms with Crippen LogP contribution in [-0.2, 0) is 0 Å². The molecule has 1 aromatic rings. The van der Waals surface area contributed by atoms with Crippen LogP contribution < -0.4 is 5.32 Å². The van der Waals surface area contributed by atoms with E-state index in [0.717, 1.165) is 29.9 Å². The summed E-state index contributed by atoms with van der Waals surface area (Å²) in [5.74, 6) is 0. The Kier molecular flexibility index (Phi) is 4.02. The van der Waals surface area contributed by atoms with E-state index in [1.807, 2.05) is 19.9 Å². The Balaban J connectivity index is 2.28. The molecule has 114 valence electrons. The molecule has 0 radical (unpaired) electrons. The lowest BCUT2D eigenvalue weighted by Gasteiger charge is -2.45. The number of nitrogens with zero attached hydrogens (tertiary/aromatic N) is 2. The van der Waals surface area contributed by atoms with Crippen LogP contribution >= 0.6 is 0 Å². The molecular weight excluding hydrogens is 258 g/mol. The second kappa shape index (κ2) is 5.33. The fourth-order valence-electron chi connectivity index (χ4n) is 4.25. The van der Waals surface area contributed by atoms with Crippen molar-refractivity contribution in [2.45, 2.75) is 66.8 Å². The average molecular weight is 285 g/mol. The van der Waals surface area contributed by atoms with E-state index in [1.165, 1.54) is 6.42 Å². The van der Waals surface area contributed by atoms with E-state index >= 15 is 0 Å². The van der Waals surface area contributed by atoms with Crippen LogP contribution in [0.2, 0.25) is 0 Å². The number of hydrogen-bond donors (Lipinski definition) is 1. The Hall–Kier alpha value is -1.56. The summed E-state index contributed by atoms with van der Waals surface area (Å²) in [6, 6.07) is 4.71. The van der Waals surface area contributed by atoms with Gasteiger partial charge in [-0.3, -0.25) is 4.98 Å². The Labute approximate surface area is 128 Å². The number of rotatable bonds is 2. The van der Waals surface area contributed by atoms with E-state index in [1.54, 1.807) is 0 Å². The molecule has 0 bridgehead atoms. The summed E-state index contributed by atoms with van der Waals surface area (Å²) in [5.41, 5.74) is 4.08. The van der Waals surface area contributed by atoms with Gasteiger partial charge in [-0.1, -0.05) is 27.7 Å². The molecule has 0 unspecified atom stereocenters. The molecule has 1 aliphatic carbocycles. The van der Waals surface area contributed by atoms with Crippen LogP contribution in [0.5, 0.6) is 0 Å². The Morgan fingerprint density at radius 1 is 1.19 bits per heavy atom. The minimum absolute atomic E-state index is 0.337. The highest BCUT2D eigenvalue weighted by atomic mass is 14.9. The Morgan fingerprint density at radius 3 is 2.29 bits per heavy atom. The molecule has 0 amide bonds. The number of hydrogen-bond acceptors (Lipinski definition) is 3. The fourth-order valence-corrected chi connectivity index (χ4v) is 4.25. The van der Waals surface area contributed by atoms with Gasteiger partial charge in [-0.15, -0.1) is 0 Å². The van der Waals surface area contributed by atoms with E-state index in [2.05, 4.69) is 44.1 Å². The summed E-state index contributed by atoms with van der Waals surface area (Å²) in [6.07, 6.45) is 3.53. The Morgan fingerprint density at radius 2 is 1.76 bits per heavy atom. The quantitative estimate of drug-likeness (QED) is 0.864. The first kappa shape index (κ1) is 15.8. The zero-order chi connectivity index (χ0) is 15.8. The van der Waals surface area contributed by atoms with Crippen molar-refractivity contribution in [3.63, 3.8) is 0 Å². The number of nitrogens with one attached hydrogen (secondary N) is 1. The minimum atomic E-state index is 0.337. The number of pyridine rings is 1. The van der Waals surface area contributed by atoms with Gasteiger partial charge in [-0.2, -0.15) is 5.26 Å². The summed E-state index contributed by atoms with van der Waals surface area (Å²) in [5, 5.41) is 13.0. The zero-order valence-electron chi connectivity index (χ0n) is 14.2. The molecule has 0 aliphatic heterocycles. The lowest BCUT2D eigenvalue weighted by Crippen LogP contribution is -2.40. The zero-order valence-corrected chi connectivity index (χ0v) is 14.2. The van der Waals surface area contributed by atoms with Crippen molar-refractivity contribution in [1.29, 1.82) is 5.26 Å². The van der Waals surface area contributed by atoms with Crippen LogP contribution in [-0.4, -0.2) is 11.0 Å². The average Bonchev–Trinajstić information content (AvgIpc) is 2.23. The van der Waals surface area contributed by atoms with E-state index in [9.17, 15) is 5.26 Å². The first-order valence-corrected chi connectivity index (χ1v) is 7.77. The molecule has 21 heavy (non-hydrogen) atoms. The van der Waals surface area contributed by atoms with Crippen LogP contribution in [0, 0.1) is 36.0 Å². The Bertz CT molecular complexity index is 563. The third-order valence-electron chi connectivity index (χ3n) is 4.35. The maximum Gasteiger partial charge on any atom is 0.103 e. The summed E-state index contributed by atoms with van der Waals surface area (Å²) in [4.78, 5) is 4.39. The second-order valence-electron chi connectivity index (χ2n) is 8.14. The van der Waals surface area contributed by atoms with Gasteiger partial charge in [0, 0.05) is 11.7 Å². The van der Waals surface area contributed by atoms with Crippen molar-refractivity contribution in [3.05, 3.63) is 23.0 Å². The topological polar surface area (TPSA) is 48.7 Å². The molecule has 2 rings (SSSR count). The van der Waals surface area contributed by atoms with Gasteiger partial charge in [0.1, 0.15) is 6.07 Å². The van der Waals surface area contributed by atoms with Crippen LogP contribution in [0.25, 0.3) is 0 Å². The maximum atomic E-state index is 9.39. The van der Waals surface area contributed by atoms with Crippen molar-refractivity contribution in [2.75, 3.05) is 5.32 Å². The molecule has 0 saturated heterocycles. The van der Waals surface area contributed by atoms with E-state index < -0.39 is 0 Å². The maximum absolute atomic E-state index is 9.39. The van der Waals surface area contributed by atoms with Gasteiger partial charge in [-0.05, 0) is 50.0 Å². The van der Waals surface area contributed by atoms with Crippen LogP contribution in [0.15, 0.2) is 6.07 Å². The number of anilines is 1. The third kappa shape index (κ3) is 3.75. The number of aromatic nitrogens is 1. The molecular formula is C18H27N3. The van der Waals surface area contributed by atoms with Crippen molar-refractivity contribution in [1.82, 2.24) is 4.98 Å².